The van der Waals surface area contributed by atoms with Gasteiger partial charge in [0.15, 0.2) is 0 Å². The van der Waals surface area contributed by atoms with Crippen molar-refractivity contribution in [3.63, 3.8) is 0 Å². The minimum atomic E-state index is -3.68. The molecule has 1 saturated heterocycles. The van der Waals surface area contributed by atoms with E-state index in [4.69, 9.17) is 11.6 Å². The molecule has 1 atom stereocenters. The van der Waals surface area contributed by atoms with Crippen LogP contribution in [0.5, 0.6) is 0 Å². The number of fused-ring (bicyclic) bond motifs is 1. The second-order valence-corrected chi connectivity index (χ2v) is 12.9. The molecule has 1 aliphatic rings. The highest BCUT2D eigenvalue weighted by molar-refractivity contribution is 7.89. The van der Waals surface area contributed by atoms with E-state index in [0.717, 1.165) is 40.7 Å². The summed E-state index contributed by atoms with van der Waals surface area (Å²) >= 11 is 7.03. The number of benzene rings is 3. The van der Waals surface area contributed by atoms with Crippen LogP contribution < -0.4 is 0 Å². The summed E-state index contributed by atoms with van der Waals surface area (Å²) in [5.74, 6) is -0.314. The lowest BCUT2D eigenvalue weighted by atomic mass is 9.74. The molecule has 9 heteroatoms. The highest BCUT2D eigenvalue weighted by Gasteiger charge is 2.45. The van der Waals surface area contributed by atoms with E-state index in [2.05, 4.69) is 24.2 Å². The van der Waals surface area contributed by atoms with Crippen LogP contribution in [0.3, 0.4) is 0 Å². The lowest BCUT2D eigenvalue weighted by molar-refractivity contribution is 0.415. The fourth-order valence-corrected chi connectivity index (χ4v) is 7.75. The summed E-state index contributed by atoms with van der Waals surface area (Å²) < 4.78 is 46.3. The average Bonchev–Trinajstić information content (AvgIpc) is 3.69. The van der Waals surface area contributed by atoms with E-state index in [1.165, 1.54) is 12.1 Å². The van der Waals surface area contributed by atoms with Crippen molar-refractivity contribution in [1.82, 2.24) is 18.7 Å². The molecule has 0 spiro atoms. The molecule has 40 heavy (non-hydrogen) atoms. The molecule has 0 amide bonds. The van der Waals surface area contributed by atoms with E-state index in [-0.39, 0.29) is 5.82 Å². The molecule has 6 nitrogen and oxygen atoms in total. The zero-order valence-electron chi connectivity index (χ0n) is 22.2. The number of aryl methyl sites for hydroxylation is 1. The van der Waals surface area contributed by atoms with Crippen molar-refractivity contribution >= 4 is 32.5 Å². The van der Waals surface area contributed by atoms with Crippen LogP contribution >= 0.6 is 11.6 Å². The Labute approximate surface area is 238 Å². The van der Waals surface area contributed by atoms with Crippen LogP contribution in [0.25, 0.3) is 16.6 Å². The molecule has 1 fully saturated rings. The molecule has 0 N–H and O–H groups in total. The fraction of sp³-hybridized carbons (Fsp3) is 0.258. The number of hydrogen-bond acceptors (Lipinski definition) is 3. The van der Waals surface area contributed by atoms with E-state index in [1.54, 1.807) is 39.6 Å². The summed E-state index contributed by atoms with van der Waals surface area (Å²) in [7, 11) is -3.68. The number of sulfonamides is 1. The second-order valence-electron chi connectivity index (χ2n) is 10.5. The maximum absolute atomic E-state index is 13.7. The van der Waals surface area contributed by atoms with Gasteiger partial charge in [0.25, 0.3) is 0 Å². The standard InChI is InChI=1S/C31H30ClFN4O2S/c1-2-14-35-15-12-27(21-35)40(38,39)36-16-13-31(22-36,19-23-6-4-3-5-7-23)28-17-24-20-34-37(30(24)18-29(28)32)26-10-8-25(33)9-11-26/h3-12,15,17-18,20-21H,2,13-14,16,19,22H2,1H3. The van der Waals surface area contributed by atoms with Gasteiger partial charge in [-0.3, -0.25) is 0 Å². The highest BCUT2D eigenvalue weighted by Crippen LogP contribution is 2.44. The zero-order chi connectivity index (χ0) is 27.9. The van der Waals surface area contributed by atoms with Gasteiger partial charge in [-0.15, -0.1) is 0 Å². The first-order chi connectivity index (χ1) is 19.3. The first-order valence-electron chi connectivity index (χ1n) is 13.4. The Morgan fingerprint density at radius 2 is 1.82 bits per heavy atom. The van der Waals surface area contributed by atoms with Gasteiger partial charge < -0.3 is 4.57 Å². The fourth-order valence-electron chi connectivity index (χ4n) is 5.85. The van der Waals surface area contributed by atoms with Gasteiger partial charge in [0.2, 0.25) is 10.0 Å². The van der Waals surface area contributed by atoms with Crippen molar-refractivity contribution in [2.45, 2.75) is 43.0 Å². The Morgan fingerprint density at radius 3 is 2.58 bits per heavy atom. The SMILES string of the molecule is CCCn1ccc(S(=O)(=O)N2CCC(Cc3ccccc3)(c3cc4cnn(-c5ccc(F)cc5)c4cc3Cl)C2)c1. The van der Waals surface area contributed by atoms with Gasteiger partial charge in [0, 0.05) is 47.9 Å². The monoisotopic (exact) mass is 576 g/mol. The van der Waals surface area contributed by atoms with Gasteiger partial charge in [-0.25, -0.2) is 17.5 Å². The maximum atomic E-state index is 13.7. The molecule has 5 aromatic rings. The van der Waals surface area contributed by atoms with E-state index < -0.39 is 15.4 Å². The van der Waals surface area contributed by atoms with Crippen molar-refractivity contribution in [2.24, 2.45) is 0 Å². The number of nitrogens with zero attached hydrogens (tertiary/aromatic N) is 4. The normalized spacial score (nSPS) is 18.1. The molecule has 0 saturated carbocycles. The smallest absolute Gasteiger partial charge is 0.244 e. The third-order valence-electron chi connectivity index (χ3n) is 7.85. The van der Waals surface area contributed by atoms with Crippen LogP contribution in [0.15, 0.2) is 96.3 Å². The molecule has 1 aliphatic heterocycles. The minimum Gasteiger partial charge on any atom is -0.353 e. The lowest BCUT2D eigenvalue weighted by Crippen LogP contribution is -2.36. The predicted molar refractivity (Wildman–Crippen MR) is 156 cm³/mol. The van der Waals surface area contributed by atoms with Crippen LogP contribution in [0.2, 0.25) is 5.02 Å². The summed E-state index contributed by atoms with van der Waals surface area (Å²) in [4.78, 5) is 0.318. The number of hydrogen-bond donors (Lipinski definition) is 0. The first kappa shape index (κ1) is 26.7. The topological polar surface area (TPSA) is 60.1 Å². The molecular weight excluding hydrogens is 547 g/mol. The average molecular weight is 577 g/mol. The van der Waals surface area contributed by atoms with Gasteiger partial charge >= 0.3 is 0 Å². The summed E-state index contributed by atoms with van der Waals surface area (Å²) in [6.45, 7) is 3.56. The molecule has 2 aromatic heterocycles. The molecule has 3 heterocycles. The van der Waals surface area contributed by atoms with Crippen molar-refractivity contribution < 1.29 is 12.8 Å². The summed E-state index contributed by atoms with van der Waals surface area (Å²) in [6, 6.07) is 21.9. The highest BCUT2D eigenvalue weighted by atomic mass is 35.5. The van der Waals surface area contributed by atoms with Gasteiger partial charge in [0.1, 0.15) is 5.82 Å². The lowest BCUT2D eigenvalue weighted by Gasteiger charge is -2.31. The van der Waals surface area contributed by atoms with Crippen LogP contribution in [0.1, 0.15) is 30.9 Å². The van der Waals surface area contributed by atoms with E-state index in [9.17, 15) is 12.8 Å². The van der Waals surface area contributed by atoms with Crippen molar-refractivity contribution in [1.29, 1.82) is 0 Å². The third-order valence-corrected chi connectivity index (χ3v) is 9.99. The third kappa shape index (κ3) is 4.85. The van der Waals surface area contributed by atoms with Gasteiger partial charge in [-0.2, -0.15) is 9.40 Å². The van der Waals surface area contributed by atoms with Gasteiger partial charge in [-0.1, -0.05) is 48.9 Å². The second kappa shape index (κ2) is 10.5. The molecule has 0 aliphatic carbocycles. The molecule has 0 radical (unpaired) electrons. The van der Waals surface area contributed by atoms with Crippen LogP contribution in [0.4, 0.5) is 4.39 Å². The molecule has 0 bridgehead atoms. The number of aromatic nitrogens is 3. The predicted octanol–water partition coefficient (Wildman–Crippen LogP) is 6.60. The largest absolute Gasteiger partial charge is 0.353 e. The minimum absolute atomic E-state index is 0.314. The molecule has 1 unspecified atom stereocenters. The Kier molecular flexibility index (Phi) is 7.02. The Bertz CT molecular complexity index is 1770. The Hall–Kier alpha value is -3.46. The van der Waals surface area contributed by atoms with Crippen LogP contribution in [-0.2, 0) is 28.4 Å². The number of rotatable bonds is 8. The summed E-state index contributed by atoms with van der Waals surface area (Å²) in [6.07, 6.45) is 7.53. The van der Waals surface area contributed by atoms with Gasteiger partial charge in [-0.05, 0) is 72.9 Å². The molecule has 6 rings (SSSR count). The van der Waals surface area contributed by atoms with Crippen LogP contribution in [0, 0.1) is 5.82 Å². The summed E-state index contributed by atoms with van der Waals surface area (Å²) in [5.41, 5.74) is 3.03. The van der Waals surface area contributed by atoms with Crippen molar-refractivity contribution in [3.05, 3.63) is 113 Å². The first-order valence-corrected chi connectivity index (χ1v) is 15.2. The quantitative estimate of drug-likeness (QED) is 0.209. The number of halogens is 2. The van der Waals surface area contributed by atoms with E-state index in [1.807, 2.05) is 41.1 Å². The summed E-state index contributed by atoms with van der Waals surface area (Å²) in [5, 5.41) is 5.99. The van der Waals surface area contributed by atoms with Crippen LogP contribution in [-0.4, -0.2) is 40.2 Å². The van der Waals surface area contributed by atoms with Crippen molar-refractivity contribution in [2.75, 3.05) is 13.1 Å². The van der Waals surface area contributed by atoms with E-state index in [0.29, 0.717) is 35.8 Å². The Morgan fingerprint density at radius 1 is 1.05 bits per heavy atom. The molecule has 3 aromatic carbocycles. The zero-order valence-corrected chi connectivity index (χ0v) is 23.7. The van der Waals surface area contributed by atoms with Gasteiger partial charge in [0.05, 0.1) is 22.3 Å². The van der Waals surface area contributed by atoms with E-state index >= 15 is 0 Å². The molecular formula is C31H30ClFN4O2S. The van der Waals surface area contributed by atoms with Crippen molar-refractivity contribution in [3.8, 4) is 5.69 Å². The maximum Gasteiger partial charge on any atom is 0.244 e. The molecule has 206 valence electrons. The Balaban J connectivity index is 1.41.